The molecule has 0 aromatic heterocycles. The van der Waals surface area contributed by atoms with E-state index in [2.05, 4.69) is 10.0 Å². The lowest BCUT2D eigenvalue weighted by atomic mass is 9.84. The third-order valence-corrected chi connectivity index (χ3v) is 2.28. The Morgan fingerprint density at radius 1 is 0.786 bits per heavy atom. The maximum atomic E-state index is 9.28. The smallest absolute Gasteiger partial charge is 0.111 e. The van der Waals surface area contributed by atoms with Gasteiger partial charge in [0.15, 0.2) is 0 Å². The number of rotatable bonds is 1. The quantitative estimate of drug-likeness (QED) is 0.182. The van der Waals surface area contributed by atoms with Crippen molar-refractivity contribution in [2.24, 2.45) is 5.11 Å². The van der Waals surface area contributed by atoms with Gasteiger partial charge in [0.1, 0.15) is 18.3 Å². The zero-order valence-electron chi connectivity index (χ0n) is 7.04. The molecular weight excluding hydrogens is 194 g/mol. The highest BCUT2D eigenvalue weighted by Crippen LogP contribution is 2.23. The Hall–Kier alpha value is -0.890. The Bertz CT molecular complexity index is 240. The molecule has 8 heteroatoms. The Morgan fingerprint density at radius 3 is 1.50 bits per heavy atom. The Labute approximate surface area is 78.7 Å². The van der Waals surface area contributed by atoms with Crippen LogP contribution in [0, 0.1) is 0 Å². The van der Waals surface area contributed by atoms with Gasteiger partial charge in [-0.2, -0.15) is 0 Å². The second-order valence-electron chi connectivity index (χ2n) is 3.15. The van der Waals surface area contributed by atoms with Gasteiger partial charge in [0, 0.05) is 4.91 Å². The summed E-state index contributed by atoms with van der Waals surface area (Å²) in [6.07, 6.45) is -8.16. The van der Waals surface area contributed by atoms with E-state index in [-0.39, 0.29) is 0 Å². The van der Waals surface area contributed by atoms with Gasteiger partial charge in [0.05, 0.1) is 18.2 Å². The number of hydrogen-bond donors (Lipinski definition) is 5. The maximum Gasteiger partial charge on any atom is 0.111 e. The number of aliphatic hydroxyl groups is 5. The zero-order valence-corrected chi connectivity index (χ0v) is 7.04. The minimum Gasteiger partial charge on any atom is -0.390 e. The monoisotopic (exact) mass is 205 g/mol. The molecule has 0 aromatic rings. The molecule has 5 N–H and O–H groups in total. The molecule has 0 amide bonds. The van der Waals surface area contributed by atoms with E-state index in [0.717, 1.165) is 0 Å². The molecule has 1 fully saturated rings. The third kappa shape index (κ3) is 1.67. The van der Waals surface area contributed by atoms with Crippen LogP contribution in [0.3, 0.4) is 0 Å². The fraction of sp³-hybridized carbons (Fsp3) is 1.00. The molecule has 0 bridgehead atoms. The van der Waals surface area contributed by atoms with Crippen LogP contribution >= 0.6 is 0 Å². The first-order chi connectivity index (χ1) is 6.50. The first-order valence-corrected chi connectivity index (χ1v) is 3.95. The van der Waals surface area contributed by atoms with Gasteiger partial charge in [-0.15, -0.1) is 0 Å². The molecule has 1 rings (SSSR count). The molecule has 0 aromatic carbocycles. The molecule has 6 atom stereocenters. The topological polar surface area (TPSA) is 150 Å². The van der Waals surface area contributed by atoms with Crippen molar-refractivity contribution in [2.75, 3.05) is 0 Å². The fourth-order valence-corrected chi connectivity index (χ4v) is 1.41. The maximum absolute atomic E-state index is 9.28. The second kappa shape index (κ2) is 4.09. The van der Waals surface area contributed by atoms with E-state index >= 15 is 0 Å². The van der Waals surface area contributed by atoms with E-state index < -0.39 is 36.6 Å². The summed E-state index contributed by atoms with van der Waals surface area (Å²) in [5.41, 5.74) is 8.10. The largest absolute Gasteiger partial charge is 0.390 e. The first kappa shape index (κ1) is 11.2. The lowest BCUT2D eigenvalue weighted by molar-refractivity contribution is -0.184. The minimum absolute atomic E-state index is 1.37. The highest BCUT2D eigenvalue weighted by molar-refractivity contribution is 5.02. The van der Waals surface area contributed by atoms with Gasteiger partial charge < -0.3 is 25.5 Å². The van der Waals surface area contributed by atoms with Crippen molar-refractivity contribution < 1.29 is 25.5 Å². The van der Waals surface area contributed by atoms with Crippen molar-refractivity contribution >= 4 is 0 Å². The molecule has 2 unspecified atom stereocenters. The summed E-state index contributed by atoms with van der Waals surface area (Å²) in [5.74, 6) is 0. The Balaban J connectivity index is 2.91. The van der Waals surface area contributed by atoms with Gasteiger partial charge in [0.25, 0.3) is 0 Å². The van der Waals surface area contributed by atoms with E-state index in [1.165, 1.54) is 0 Å². The number of hydrogen-bond acceptors (Lipinski definition) is 6. The van der Waals surface area contributed by atoms with Gasteiger partial charge in [-0.25, -0.2) is 0 Å². The normalized spacial score (nSPS) is 48.4. The molecule has 8 nitrogen and oxygen atoms in total. The predicted molar refractivity (Wildman–Crippen MR) is 43.0 cm³/mol. The first-order valence-electron chi connectivity index (χ1n) is 3.95. The molecule has 0 saturated heterocycles. The number of nitrogens with zero attached hydrogens (tertiary/aromatic N) is 3. The average molecular weight is 205 g/mol. The van der Waals surface area contributed by atoms with Gasteiger partial charge >= 0.3 is 0 Å². The van der Waals surface area contributed by atoms with Crippen LogP contribution in [-0.4, -0.2) is 62.1 Å². The molecule has 80 valence electrons. The molecule has 1 aliphatic carbocycles. The van der Waals surface area contributed by atoms with Crippen LogP contribution in [0.15, 0.2) is 5.11 Å². The van der Waals surface area contributed by atoms with E-state index in [1.54, 1.807) is 0 Å². The zero-order chi connectivity index (χ0) is 10.9. The molecule has 0 radical (unpaired) electrons. The van der Waals surface area contributed by atoms with E-state index in [4.69, 9.17) is 10.6 Å². The van der Waals surface area contributed by atoms with E-state index in [1.807, 2.05) is 0 Å². The Kier molecular flexibility index (Phi) is 3.27. The summed E-state index contributed by atoms with van der Waals surface area (Å²) in [7, 11) is 0. The predicted octanol–water partition coefficient (Wildman–Crippen LogP) is -2.52. The van der Waals surface area contributed by atoms with Crippen molar-refractivity contribution in [3.8, 4) is 0 Å². The summed E-state index contributed by atoms with van der Waals surface area (Å²) >= 11 is 0. The van der Waals surface area contributed by atoms with Crippen LogP contribution in [0.25, 0.3) is 10.4 Å². The summed E-state index contributed by atoms with van der Waals surface area (Å²) in [6, 6.07) is -1.37. The van der Waals surface area contributed by atoms with Crippen LogP contribution < -0.4 is 0 Å². The van der Waals surface area contributed by atoms with Crippen LogP contribution in [-0.2, 0) is 0 Å². The third-order valence-electron chi connectivity index (χ3n) is 2.28. The van der Waals surface area contributed by atoms with Crippen LogP contribution in [0.5, 0.6) is 0 Å². The molecule has 0 spiro atoms. The van der Waals surface area contributed by atoms with Crippen LogP contribution in [0.4, 0.5) is 0 Å². The van der Waals surface area contributed by atoms with Gasteiger partial charge in [-0.1, -0.05) is 5.11 Å². The van der Waals surface area contributed by atoms with Crippen molar-refractivity contribution in [1.82, 2.24) is 0 Å². The standard InChI is InChI=1S/C6H11N3O5/c7-9-8-1-2(10)4(12)6(14)5(13)3(1)11/h1-6,10-14H/t1?,2-,3-,4-,5+,6?/m0/s1. The van der Waals surface area contributed by atoms with Crippen molar-refractivity contribution in [3.05, 3.63) is 10.4 Å². The molecular formula is C6H11N3O5. The summed E-state index contributed by atoms with van der Waals surface area (Å²) in [6.45, 7) is 0. The number of aliphatic hydroxyl groups excluding tert-OH is 5. The summed E-state index contributed by atoms with van der Waals surface area (Å²) < 4.78 is 0. The highest BCUT2D eigenvalue weighted by atomic mass is 16.4. The lowest BCUT2D eigenvalue weighted by Crippen LogP contribution is -2.62. The number of azide groups is 1. The molecule has 0 heterocycles. The second-order valence-corrected chi connectivity index (χ2v) is 3.15. The van der Waals surface area contributed by atoms with Gasteiger partial charge in [0.2, 0.25) is 0 Å². The highest BCUT2D eigenvalue weighted by Gasteiger charge is 2.47. The van der Waals surface area contributed by atoms with Crippen molar-refractivity contribution in [2.45, 2.75) is 36.6 Å². The SMILES string of the molecule is [N-]=[N+]=NC1[C@H](O)[C@H](O)C(O)[C@H](O)[C@H]1O. The van der Waals surface area contributed by atoms with Gasteiger partial charge in [-0.05, 0) is 5.53 Å². The molecule has 1 aliphatic rings. The van der Waals surface area contributed by atoms with Crippen molar-refractivity contribution in [3.63, 3.8) is 0 Å². The Morgan fingerprint density at radius 2 is 1.14 bits per heavy atom. The van der Waals surface area contributed by atoms with E-state index in [0.29, 0.717) is 0 Å². The molecule has 14 heavy (non-hydrogen) atoms. The molecule has 0 aliphatic heterocycles. The lowest BCUT2D eigenvalue weighted by Gasteiger charge is -2.39. The van der Waals surface area contributed by atoms with Gasteiger partial charge in [-0.3, -0.25) is 0 Å². The van der Waals surface area contributed by atoms with Crippen molar-refractivity contribution in [1.29, 1.82) is 0 Å². The summed E-state index contributed by atoms with van der Waals surface area (Å²) in [4.78, 5) is 2.36. The fourth-order valence-electron chi connectivity index (χ4n) is 1.41. The van der Waals surface area contributed by atoms with E-state index in [9.17, 15) is 20.4 Å². The molecule has 1 saturated carbocycles. The minimum atomic E-state index is -1.66. The van der Waals surface area contributed by atoms with Crippen LogP contribution in [0.2, 0.25) is 0 Å². The average Bonchev–Trinajstić information content (AvgIpc) is 2.19. The van der Waals surface area contributed by atoms with Crippen LogP contribution in [0.1, 0.15) is 0 Å². The summed E-state index contributed by atoms with van der Waals surface area (Å²) in [5, 5.41) is 49.1.